The topological polar surface area (TPSA) is 69.7 Å². The summed E-state index contributed by atoms with van der Waals surface area (Å²) in [6.45, 7) is 3.39. The number of piperidine rings is 1. The fourth-order valence-corrected chi connectivity index (χ4v) is 5.51. The lowest BCUT2D eigenvalue weighted by atomic mass is 9.88. The number of imide groups is 1. The Morgan fingerprint density at radius 1 is 0.969 bits per heavy atom. The van der Waals surface area contributed by atoms with Gasteiger partial charge in [0.25, 0.3) is 0 Å². The smallest absolute Gasteiger partial charge is 0.240 e. The van der Waals surface area contributed by atoms with Crippen molar-refractivity contribution in [2.24, 2.45) is 0 Å². The highest BCUT2D eigenvalue weighted by atomic mass is 35.5. The van der Waals surface area contributed by atoms with Gasteiger partial charge in [-0.25, -0.2) is 0 Å². The lowest BCUT2D eigenvalue weighted by Gasteiger charge is -2.36. The molecule has 0 radical (unpaired) electrons. The van der Waals surface area contributed by atoms with Crippen LogP contribution in [0.5, 0.6) is 0 Å². The van der Waals surface area contributed by atoms with E-state index in [4.69, 9.17) is 11.6 Å². The zero-order valence-electron chi connectivity index (χ0n) is 17.9. The quantitative estimate of drug-likeness (QED) is 0.724. The third-order valence-electron chi connectivity index (χ3n) is 6.90. The van der Waals surface area contributed by atoms with Gasteiger partial charge in [0.2, 0.25) is 17.7 Å². The predicted octanol–water partition coefficient (Wildman–Crippen LogP) is 3.33. The van der Waals surface area contributed by atoms with Gasteiger partial charge < -0.3 is 4.90 Å². The van der Waals surface area contributed by atoms with Crippen molar-refractivity contribution in [1.29, 1.82) is 0 Å². The molecule has 1 N–H and O–H groups in total. The number of hydrogen-bond acceptors (Lipinski definition) is 4. The Balaban J connectivity index is 1.33. The van der Waals surface area contributed by atoms with Gasteiger partial charge in [-0.2, -0.15) is 0 Å². The summed E-state index contributed by atoms with van der Waals surface area (Å²) in [4.78, 5) is 40.9. The first-order valence-corrected chi connectivity index (χ1v) is 11.6. The number of nitrogens with zero attached hydrogens (tertiary/aromatic N) is 2. The number of hydrogen-bond donors (Lipinski definition) is 1. The maximum Gasteiger partial charge on any atom is 0.240 e. The van der Waals surface area contributed by atoms with Crippen molar-refractivity contribution >= 4 is 29.3 Å². The second-order valence-electron chi connectivity index (χ2n) is 8.86. The lowest BCUT2D eigenvalue weighted by Crippen LogP contribution is -2.53. The van der Waals surface area contributed by atoms with Gasteiger partial charge in [-0.3, -0.25) is 24.6 Å². The van der Waals surface area contributed by atoms with Gasteiger partial charge in [0.15, 0.2) is 0 Å². The monoisotopic (exact) mass is 451 g/mol. The molecule has 2 atom stereocenters. The molecular formula is C25H26ClN3O3. The summed E-state index contributed by atoms with van der Waals surface area (Å²) >= 11 is 6.72. The van der Waals surface area contributed by atoms with Crippen LogP contribution in [0.4, 0.5) is 0 Å². The zero-order chi connectivity index (χ0) is 22.2. The largest absolute Gasteiger partial charge is 0.336 e. The Hall–Kier alpha value is -2.70. The van der Waals surface area contributed by atoms with Crippen LogP contribution >= 0.6 is 11.6 Å². The zero-order valence-corrected chi connectivity index (χ0v) is 18.6. The molecule has 0 aliphatic carbocycles. The molecule has 5 rings (SSSR count). The Bertz CT molecular complexity index is 1070. The number of fused-ring (bicyclic) bond motifs is 1. The number of carbonyl (C=O) groups excluding carboxylic acids is 3. The lowest BCUT2D eigenvalue weighted by molar-refractivity contribution is -0.140. The highest BCUT2D eigenvalue weighted by Gasteiger charge is 2.37. The SMILES string of the molecule is O=C1CCC(c2cccc(-c3ccc(CN4CCN5CCCC5C4=O)cc3)c2Cl)C(=O)N1. The molecule has 32 heavy (non-hydrogen) atoms. The molecule has 0 bridgehead atoms. The summed E-state index contributed by atoms with van der Waals surface area (Å²) in [6.07, 6.45) is 2.86. The van der Waals surface area contributed by atoms with E-state index in [9.17, 15) is 14.4 Å². The number of carbonyl (C=O) groups is 3. The summed E-state index contributed by atoms with van der Waals surface area (Å²) in [5.41, 5.74) is 3.65. The van der Waals surface area contributed by atoms with Crippen LogP contribution in [0.1, 0.15) is 42.7 Å². The standard InChI is InChI=1S/C25H26ClN3O3/c26-23-18(3-1-4-19(23)20-10-11-22(30)27-24(20)31)17-8-6-16(7-9-17)15-29-14-13-28-12-2-5-21(28)25(29)32/h1,3-4,6-9,20-21H,2,5,10-15H2,(H,27,30,31). The fraction of sp³-hybridized carbons (Fsp3) is 0.400. The highest BCUT2D eigenvalue weighted by Crippen LogP contribution is 2.37. The van der Waals surface area contributed by atoms with Crippen LogP contribution in [0, 0.1) is 0 Å². The molecule has 3 aliphatic rings. The number of rotatable bonds is 4. The second kappa shape index (κ2) is 8.68. The van der Waals surface area contributed by atoms with Gasteiger partial charge in [-0.05, 0) is 42.5 Å². The van der Waals surface area contributed by atoms with E-state index in [0.717, 1.165) is 54.7 Å². The maximum atomic E-state index is 12.8. The molecule has 0 aromatic heterocycles. The van der Waals surface area contributed by atoms with Gasteiger partial charge in [0, 0.05) is 31.6 Å². The van der Waals surface area contributed by atoms with Crippen molar-refractivity contribution in [2.45, 2.75) is 44.2 Å². The van der Waals surface area contributed by atoms with Crippen LogP contribution in [0.3, 0.4) is 0 Å². The van der Waals surface area contributed by atoms with E-state index < -0.39 is 5.92 Å². The molecule has 166 valence electrons. The predicted molar refractivity (Wildman–Crippen MR) is 122 cm³/mol. The van der Waals surface area contributed by atoms with E-state index in [1.807, 2.05) is 47.4 Å². The normalized spacial score (nSPS) is 23.9. The molecular weight excluding hydrogens is 426 g/mol. The molecule has 3 amide bonds. The summed E-state index contributed by atoms with van der Waals surface area (Å²) in [5.74, 6) is -0.692. The molecule has 6 nitrogen and oxygen atoms in total. The van der Waals surface area contributed by atoms with Crippen molar-refractivity contribution < 1.29 is 14.4 Å². The van der Waals surface area contributed by atoms with Crippen molar-refractivity contribution in [1.82, 2.24) is 15.1 Å². The van der Waals surface area contributed by atoms with E-state index >= 15 is 0 Å². The maximum absolute atomic E-state index is 12.8. The molecule has 2 unspecified atom stereocenters. The molecule has 0 spiro atoms. The molecule has 3 saturated heterocycles. The van der Waals surface area contributed by atoms with E-state index in [2.05, 4.69) is 10.2 Å². The first-order valence-electron chi connectivity index (χ1n) is 11.3. The van der Waals surface area contributed by atoms with Crippen LogP contribution in [-0.2, 0) is 20.9 Å². The van der Waals surface area contributed by atoms with Gasteiger partial charge in [0.1, 0.15) is 0 Å². The summed E-state index contributed by atoms with van der Waals surface area (Å²) in [5, 5.41) is 2.95. The Morgan fingerprint density at radius 2 is 1.78 bits per heavy atom. The van der Waals surface area contributed by atoms with Crippen molar-refractivity contribution in [3.63, 3.8) is 0 Å². The highest BCUT2D eigenvalue weighted by molar-refractivity contribution is 6.34. The minimum absolute atomic E-state index is 0.0665. The minimum Gasteiger partial charge on any atom is -0.336 e. The van der Waals surface area contributed by atoms with Crippen LogP contribution in [0.25, 0.3) is 11.1 Å². The average molecular weight is 452 g/mol. The van der Waals surface area contributed by atoms with E-state index in [1.54, 1.807) is 0 Å². The molecule has 2 aromatic carbocycles. The third-order valence-corrected chi connectivity index (χ3v) is 7.32. The van der Waals surface area contributed by atoms with Crippen LogP contribution in [-0.4, -0.2) is 53.2 Å². The van der Waals surface area contributed by atoms with Gasteiger partial charge in [0.05, 0.1) is 17.0 Å². The van der Waals surface area contributed by atoms with Gasteiger partial charge in [-0.1, -0.05) is 54.1 Å². The molecule has 7 heteroatoms. The Labute approximate surface area is 192 Å². The van der Waals surface area contributed by atoms with Crippen LogP contribution in [0.15, 0.2) is 42.5 Å². The third kappa shape index (κ3) is 3.93. The van der Waals surface area contributed by atoms with E-state index in [0.29, 0.717) is 24.4 Å². The molecule has 3 fully saturated rings. The summed E-state index contributed by atoms with van der Waals surface area (Å²) in [6, 6.07) is 13.9. The van der Waals surface area contributed by atoms with Crippen LogP contribution < -0.4 is 5.32 Å². The van der Waals surface area contributed by atoms with Crippen LogP contribution in [0.2, 0.25) is 5.02 Å². The van der Waals surface area contributed by atoms with Crippen molar-refractivity contribution in [3.8, 4) is 11.1 Å². The van der Waals surface area contributed by atoms with E-state index in [-0.39, 0.29) is 23.8 Å². The Kier molecular flexibility index (Phi) is 5.74. The second-order valence-corrected chi connectivity index (χ2v) is 9.24. The number of nitrogens with one attached hydrogen (secondary N) is 1. The number of halogens is 1. The number of amides is 3. The van der Waals surface area contributed by atoms with E-state index in [1.165, 1.54) is 0 Å². The van der Waals surface area contributed by atoms with Gasteiger partial charge >= 0.3 is 0 Å². The molecule has 3 aliphatic heterocycles. The Morgan fingerprint density at radius 3 is 2.56 bits per heavy atom. The van der Waals surface area contributed by atoms with Crippen molar-refractivity contribution in [2.75, 3.05) is 19.6 Å². The molecule has 0 saturated carbocycles. The fourth-order valence-electron chi connectivity index (χ4n) is 5.14. The molecule has 2 aromatic rings. The number of piperazine rings is 1. The summed E-state index contributed by atoms with van der Waals surface area (Å²) < 4.78 is 0. The first-order chi connectivity index (χ1) is 15.5. The van der Waals surface area contributed by atoms with Gasteiger partial charge in [-0.15, -0.1) is 0 Å². The first kappa shape index (κ1) is 21.2. The number of benzene rings is 2. The average Bonchev–Trinajstić information content (AvgIpc) is 3.27. The van der Waals surface area contributed by atoms with Crippen molar-refractivity contribution in [3.05, 3.63) is 58.6 Å². The molecule has 3 heterocycles. The summed E-state index contributed by atoms with van der Waals surface area (Å²) in [7, 11) is 0. The minimum atomic E-state index is -0.417.